The zero-order chi connectivity index (χ0) is 20.2. The first kappa shape index (κ1) is 18.6. The quantitative estimate of drug-likeness (QED) is 0.568. The molecule has 0 saturated heterocycles. The average Bonchev–Trinajstić information content (AvgIpc) is 2.76. The van der Waals surface area contributed by atoms with Crippen molar-refractivity contribution in [3.63, 3.8) is 0 Å². The zero-order valence-corrected chi connectivity index (χ0v) is 16.1. The fraction of sp³-hybridized carbons (Fsp3) is 0.125. The van der Waals surface area contributed by atoms with E-state index in [4.69, 9.17) is 0 Å². The van der Waals surface area contributed by atoms with Gasteiger partial charge in [0.05, 0.1) is 23.3 Å². The van der Waals surface area contributed by atoms with Crippen molar-refractivity contribution in [2.24, 2.45) is 0 Å². The molecule has 144 valence electrons. The Kier molecular flexibility index (Phi) is 5.20. The predicted octanol–water partition coefficient (Wildman–Crippen LogP) is 3.94. The standard InChI is InChI=1S/C24H21N3O2/c1-17(18-11-13-20(14-12-18)19-7-3-2-4-8-19)26-23(28)16-27-22-10-6-5-9-21(22)25-15-24(27)29/h2-15,17H,16H2,1H3,(H,26,28). The van der Waals surface area contributed by atoms with Gasteiger partial charge < -0.3 is 5.32 Å². The van der Waals surface area contributed by atoms with E-state index in [9.17, 15) is 9.59 Å². The van der Waals surface area contributed by atoms with Crippen LogP contribution in [-0.4, -0.2) is 15.5 Å². The molecule has 1 unspecified atom stereocenters. The van der Waals surface area contributed by atoms with Crippen LogP contribution >= 0.6 is 0 Å². The van der Waals surface area contributed by atoms with E-state index in [-0.39, 0.29) is 24.1 Å². The molecule has 1 aromatic heterocycles. The molecule has 1 heterocycles. The molecule has 1 atom stereocenters. The van der Waals surface area contributed by atoms with Crippen LogP contribution in [0.25, 0.3) is 22.2 Å². The van der Waals surface area contributed by atoms with E-state index in [0.717, 1.165) is 16.7 Å². The maximum Gasteiger partial charge on any atom is 0.269 e. The number of aromatic nitrogens is 2. The van der Waals surface area contributed by atoms with Crippen LogP contribution in [0.2, 0.25) is 0 Å². The van der Waals surface area contributed by atoms with Gasteiger partial charge in [-0.3, -0.25) is 14.2 Å². The summed E-state index contributed by atoms with van der Waals surface area (Å²) in [5, 5.41) is 2.98. The van der Waals surface area contributed by atoms with Gasteiger partial charge >= 0.3 is 0 Å². The normalized spacial score (nSPS) is 11.9. The van der Waals surface area contributed by atoms with Gasteiger partial charge in [0, 0.05) is 0 Å². The van der Waals surface area contributed by atoms with E-state index in [2.05, 4.69) is 22.4 Å². The largest absolute Gasteiger partial charge is 0.348 e. The lowest BCUT2D eigenvalue weighted by molar-refractivity contribution is -0.122. The van der Waals surface area contributed by atoms with Crippen LogP contribution in [0.1, 0.15) is 18.5 Å². The predicted molar refractivity (Wildman–Crippen MR) is 114 cm³/mol. The van der Waals surface area contributed by atoms with Gasteiger partial charge in [-0.25, -0.2) is 4.98 Å². The molecule has 0 spiro atoms. The summed E-state index contributed by atoms with van der Waals surface area (Å²) in [6.45, 7) is 1.89. The number of para-hydroxylation sites is 2. The second kappa shape index (κ2) is 8.10. The number of nitrogens with zero attached hydrogens (tertiary/aromatic N) is 2. The third-order valence-electron chi connectivity index (χ3n) is 4.95. The lowest BCUT2D eigenvalue weighted by atomic mass is 10.0. The average molecular weight is 383 g/mol. The summed E-state index contributed by atoms with van der Waals surface area (Å²) in [7, 11) is 0. The van der Waals surface area contributed by atoms with E-state index < -0.39 is 0 Å². The lowest BCUT2D eigenvalue weighted by Crippen LogP contribution is -2.34. The molecule has 5 nitrogen and oxygen atoms in total. The first-order chi connectivity index (χ1) is 14.1. The highest BCUT2D eigenvalue weighted by molar-refractivity contribution is 5.80. The van der Waals surface area contributed by atoms with Crippen LogP contribution in [0.3, 0.4) is 0 Å². The zero-order valence-electron chi connectivity index (χ0n) is 16.1. The minimum Gasteiger partial charge on any atom is -0.348 e. The topological polar surface area (TPSA) is 64.0 Å². The Labute approximate surface area is 168 Å². The Morgan fingerprint density at radius 1 is 0.931 bits per heavy atom. The first-order valence-electron chi connectivity index (χ1n) is 9.51. The highest BCUT2D eigenvalue weighted by Crippen LogP contribution is 2.21. The Hall–Kier alpha value is -3.73. The number of hydrogen-bond donors (Lipinski definition) is 1. The highest BCUT2D eigenvalue weighted by Gasteiger charge is 2.13. The van der Waals surface area contributed by atoms with E-state index in [1.165, 1.54) is 10.8 Å². The summed E-state index contributed by atoms with van der Waals surface area (Å²) in [4.78, 5) is 28.9. The summed E-state index contributed by atoms with van der Waals surface area (Å²) in [6, 6.07) is 25.4. The van der Waals surface area contributed by atoms with Crippen molar-refractivity contribution in [1.29, 1.82) is 0 Å². The van der Waals surface area contributed by atoms with E-state index >= 15 is 0 Å². The van der Waals surface area contributed by atoms with Crippen LogP contribution in [0, 0.1) is 0 Å². The van der Waals surface area contributed by atoms with Gasteiger partial charge in [0.2, 0.25) is 5.91 Å². The molecule has 5 heteroatoms. The van der Waals surface area contributed by atoms with E-state index in [0.29, 0.717) is 11.0 Å². The third kappa shape index (κ3) is 4.09. The minimum absolute atomic E-state index is 0.0473. The van der Waals surface area contributed by atoms with Crippen LogP contribution in [0.4, 0.5) is 0 Å². The third-order valence-corrected chi connectivity index (χ3v) is 4.95. The van der Waals surface area contributed by atoms with Crippen molar-refractivity contribution < 1.29 is 4.79 Å². The maximum absolute atomic E-state index is 12.6. The molecular formula is C24H21N3O2. The molecule has 0 aliphatic carbocycles. The molecule has 0 radical (unpaired) electrons. The Balaban J connectivity index is 1.48. The molecule has 0 fully saturated rings. The van der Waals surface area contributed by atoms with Gasteiger partial charge in [0.15, 0.2) is 0 Å². The van der Waals surface area contributed by atoms with Gasteiger partial charge in [-0.1, -0.05) is 66.7 Å². The number of nitrogens with one attached hydrogen (secondary N) is 1. The summed E-state index contributed by atoms with van der Waals surface area (Å²) in [5.74, 6) is -0.219. The number of fused-ring (bicyclic) bond motifs is 1. The minimum atomic E-state index is -0.293. The Morgan fingerprint density at radius 2 is 1.59 bits per heavy atom. The molecule has 0 saturated carbocycles. The second-order valence-electron chi connectivity index (χ2n) is 6.95. The molecule has 0 aliphatic heterocycles. The molecule has 0 bridgehead atoms. The second-order valence-corrected chi connectivity index (χ2v) is 6.95. The highest BCUT2D eigenvalue weighted by atomic mass is 16.2. The van der Waals surface area contributed by atoms with Gasteiger partial charge in [-0.2, -0.15) is 0 Å². The molecular weight excluding hydrogens is 362 g/mol. The van der Waals surface area contributed by atoms with Crippen LogP contribution < -0.4 is 10.9 Å². The van der Waals surface area contributed by atoms with Gasteiger partial charge in [-0.05, 0) is 35.7 Å². The summed E-state index contributed by atoms with van der Waals surface area (Å²) in [6.07, 6.45) is 1.25. The van der Waals surface area contributed by atoms with Crippen molar-refractivity contribution in [2.45, 2.75) is 19.5 Å². The van der Waals surface area contributed by atoms with Gasteiger partial charge in [0.25, 0.3) is 5.56 Å². The molecule has 4 aromatic rings. The summed E-state index contributed by atoms with van der Waals surface area (Å²) < 4.78 is 1.45. The van der Waals surface area contributed by atoms with Crippen molar-refractivity contribution in [3.8, 4) is 11.1 Å². The molecule has 0 aliphatic rings. The van der Waals surface area contributed by atoms with Crippen LogP contribution in [0.5, 0.6) is 0 Å². The van der Waals surface area contributed by atoms with Crippen LogP contribution in [-0.2, 0) is 11.3 Å². The fourth-order valence-corrected chi connectivity index (χ4v) is 3.39. The SMILES string of the molecule is CC(NC(=O)Cn1c(=O)cnc2ccccc21)c1ccc(-c2ccccc2)cc1. The number of carbonyl (C=O) groups is 1. The molecule has 4 rings (SSSR count). The monoisotopic (exact) mass is 383 g/mol. The number of benzene rings is 3. The summed E-state index contributed by atoms with van der Waals surface area (Å²) >= 11 is 0. The van der Waals surface area contributed by atoms with E-state index in [1.54, 1.807) is 6.07 Å². The van der Waals surface area contributed by atoms with Gasteiger partial charge in [-0.15, -0.1) is 0 Å². The molecule has 3 aromatic carbocycles. The van der Waals surface area contributed by atoms with Crippen molar-refractivity contribution >= 4 is 16.9 Å². The summed E-state index contributed by atoms with van der Waals surface area (Å²) in [5.41, 5.74) is 4.32. The maximum atomic E-state index is 12.6. The molecule has 1 N–H and O–H groups in total. The Bertz CT molecular complexity index is 1200. The number of rotatable bonds is 5. The Morgan fingerprint density at radius 3 is 2.34 bits per heavy atom. The molecule has 1 amide bonds. The van der Waals surface area contributed by atoms with Crippen LogP contribution in [0.15, 0.2) is 89.9 Å². The van der Waals surface area contributed by atoms with Gasteiger partial charge in [0.1, 0.15) is 6.54 Å². The number of carbonyl (C=O) groups excluding carboxylic acids is 1. The van der Waals surface area contributed by atoms with Crippen molar-refractivity contribution in [3.05, 3.63) is 101 Å². The lowest BCUT2D eigenvalue weighted by Gasteiger charge is -2.16. The van der Waals surface area contributed by atoms with Crippen molar-refractivity contribution in [2.75, 3.05) is 0 Å². The fourth-order valence-electron chi connectivity index (χ4n) is 3.39. The smallest absolute Gasteiger partial charge is 0.269 e. The van der Waals surface area contributed by atoms with Crippen molar-refractivity contribution in [1.82, 2.24) is 14.9 Å². The first-order valence-corrected chi connectivity index (χ1v) is 9.51. The van der Waals surface area contributed by atoms with E-state index in [1.807, 2.05) is 67.6 Å². The number of amides is 1. The molecule has 29 heavy (non-hydrogen) atoms. The number of hydrogen-bond acceptors (Lipinski definition) is 3.